The van der Waals surface area contributed by atoms with Crippen LogP contribution in [-0.2, 0) is 0 Å². The Labute approximate surface area is 140 Å². The molecule has 0 radical (unpaired) electrons. The van der Waals surface area contributed by atoms with Gasteiger partial charge in [-0.25, -0.2) is 0 Å². The van der Waals surface area contributed by atoms with E-state index in [1.54, 1.807) is 12.4 Å². The number of hydrogen-bond donors (Lipinski definition) is 1. The highest BCUT2D eigenvalue weighted by atomic mass is 127. The second-order valence-electron chi connectivity index (χ2n) is 4.37. The van der Waals surface area contributed by atoms with Crippen molar-refractivity contribution in [3.63, 3.8) is 0 Å². The smallest absolute Gasteiger partial charge is 0.137 e. The number of aliphatic hydroxyl groups excluding tert-OH is 1. The van der Waals surface area contributed by atoms with Gasteiger partial charge in [0.15, 0.2) is 0 Å². The SMILES string of the molecule is CCCOc1cncc(C(O)c2cc(I)ccc2Br)c1. The molecule has 5 heteroatoms. The second-order valence-corrected chi connectivity index (χ2v) is 6.47. The maximum Gasteiger partial charge on any atom is 0.137 e. The first-order valence-corrected chi connectivity index (χ1v) is 8.19. The van der Waals surface area contributed by atoms with E-state index in [9.17, 15) is 5.11 Å². The zero-order valence-electron chi connectivity index (χ0n) is 11.0. The molecule has 2 aromatic rings. The fourth-order valence-corrected chi connectivity index (χ4v) is 2.77. The van der Waals surface area contributed by atoms with Gasteiger partial charge in [0, 0.05) is 25.4 Å². The summed E-state index contributed by atoms with van der Waals surface area (Å²) in [6.45, 7) is 2.70. The minimum absolute atomic E-state index is 0.647. The van der Waals surface area contributed by atoms with Crippen LogP contribution < -0.4 is 4.74 Å². The summed E-state index contributed by atoms with van der Waals surface area (Å²) < 4.78 is 7.50. The number of nitrogens with zero attached hydrogens (tertiary/aromatic N) is 1. The average molecular weight is 448 g/mol. The monoisotopic (exact) mass is 447 g/mol. The van der Waals surface area contributed by atoms with Crippen LogP contribution >= 0.6 is 38.5 Å². The molecule has 0 aliphatic carbocycles. The largest absolute Gasteiger partial charge is 0.492 e. The van der Waals surface area contributed by atoms with Crippen LogP contribution in [0, 0.1) is 3.57 Å². The van der Waals surface area contributed by atoms with Crippen molar-refractivity contribution < 1.29 is 9.84 Å². The molecule has 0 bridgehead atoms. The quantitative estimate of drug-likeness (QED) is 0.694. The Morgan fingerprint density at radius 2 is 2.15 bits per heavy atom. The number of benzene rings is 1. The number of hydrogen-bond acceptors (Lipinski definition) is 3. The summed E-state index contributed by atoms with van der Waals surface area (Å²) in [5, 5.41) is 10.5. The summed E-state index contributed by atoms with van der Waals surface area (Å²) >= 11 is 5.70. The van der Waals surface area contributed by atoms with Gasteiger partial charge in [-0.2, -0.15) is 0 Å². The Bertz CT molecular complexity index is 592. The lowest BCUT2D eigenvalue weighted by Gasteiger charge is -2.14. The predicted molar refractivity (Wildman–Crippen MR) is 90.9 cm³/mol. The van der Waals surface area contributed by atoms with Crippen molar-refractivity contribution in [3.05, 3.63) is 55.8 Å². The maximum absolute atomic E-state index is 10.5. The summed E-state index contributed by atoms with van der Waals surface area (Å²) in [5.41, 5.74) is 1.55. The van der Waals surface area contributed by atoms with E-state index in [1.807, 2.05) is 24.3 Å². The van der Waals surface area contributed by atoms with Gasteiger partial charge < -0.3 is 9.84 Å². The second kappa shape index (κ2) is 7.38. The molecule has 3 nitrogen and oxygen atoms in total. The van der Waals surface area contributed by atoms with E-state index < -0.39 is 6.10 Å². The van der Waals surface area contributed by atoms with E-state index in [0.29, 0.717) is 12.4 Å². The Morgan fingerprint density at radius 1 is 1.35 bits per heavy atom. The first kappa shape index (κ1) is 15.7. The van der Waals surface area contributed by atoms with Gasteiger partial charge in [0.2, 0.25) is 0 Å². The van der Waals surface area contributed by atoms with Gasteiger partial charge >= 0.3 is 0 Å². The molecule has 0 aliphatic heterocycles. The molecule has 0 amide bonds. The third-order valence-electron chi connectivity index (χ3n) is 2.78. The van der Waals surface area contributed by atoms with Crippen LogP contribution in [0.25, 0.3) is 0 Å². The third-order valence-corrected chi connectivity index (χ3v) is 4.17. The Balaban J connectivity index is 2.28. The number of rotatable bonds is 5. The predicted octanol–water partition coefficient (Wildman–Crippen LogP) is 4.32. The number of halogens is 2. The lowest BCUT2D eigenvalue weighted by molar-refractivity contribution is 0.218. The van der Waals surface area contributed by atoms with E-state index >= 15 is 0 Å². The highest BCUT2D eigenvalue weighted by molar-refractivity contribution is 14.1. The fourth-order valence-electron chi connectivity index (χ4n) is 1.79. The van der Waals surface area contributed by atoms with Gasteiger partial charge in [-0.1, -0.05) is 22.9 Å². The van der Waals surface area contributed by atoms with Gasteiger partial charge in [0.1, 0.15) is 11.9 Å². The van der Waals surface area contributed by atoms with Crippen LogP contribution in [0.1, 0.15) is 30.6 Å². The van der Waals surface area contributed by atoms with Crippen molar-refractivity contribution >= 4 is 38.5 Å². The lowest BCUT2D eigenvalue weighted by Crippen LogP contribution is -2.03. The topological polar surface area (TPSA) is 42.4 Å². The zero-order chi connectivity index (χ0) is 14.5. The van der Waals surface area contributed by atoms with E-state index in [4.69, 9.17) is 4.74 Å². The summed E-state index contributed by atoms with van der Waals surface area (Å²) in [7, 11) is 0. The molecule has 0 spiro atoms. The van der Waals surface area contributed by atoms with Gasteiger partial charge in [0.05, 0.1) is 12.8 Å². The first-order chi connectivity index (χ1) is 9.61. The van der Waals surface area contributed by atoms with E-state index in [2.05, 4.69) is 50.4 Å². The van der Waals surface area contributed by atoms with Crippen LogP contribution in [0.4, 0.5) is 0 Å². The molecule has 1 atom stereocenters. The molecule has 1 N–H and O–H groups in total. The maximum atomic E-state index is 10.5. The molecular formula is C15H15BrINO2. The van der Waals surface area contributed by atoms with E-state index in [0.717, 1.165) is 25.6 Å². The molecule has 1 aromatic carbocycles. The van der Waals surface area contributed by atoms with Crippen LogP contribution in [-0.4, -0.2) is 16.7 Å². The van der Waals surface area contributed by atoms with Crippen molar-refractivity contribution in [2.24, 2.45) is 0 Å². The van der Waals surface area contributed by atoms with Crippen LogP contribution in [0.2, 0.25) is 0 Å². The molecule has 0 fully saturated rings. The summed E-state index contributed by atoms with van der Waals surface area (Å²) in [5.74, 6) is 0.685. The first-order valence-electron chi connectivity index (χ1n) is 6.32. The van der Waals surface area contributed by atoms with Crippen LogP contribution in [0.5, 0.6) is 5.75 Å². The molecule has 0 saturated carbocycles. The molecule has 0 aliphatic rings. The molecule has 106 valence electrons. The Hall–Kier alpha value is -0.660. The lowest BCUT2D eigenvalue weighted by atomic mass is 10.0. The summed E-state index contributed by atoms with van der Waals surface area (Å²) in [4.78, 5) is 4.13. The van der Waals surface area contributed by atoms with Crippen molar-refractivity contribution in [1.29, 1.82) is 0 Å². The van der Waals surface area contributed by atoms with Gasteiger partial charge in [0.25, 0.3) is 0 Å². The zero-order valence-corrected chi connectivity index (χ0v) is 14.8. The number of aromatic nitrogens is 1. The summed E-state index contributed by atoms with van der Waals surface area (Å²) in [6, 6.07) is 7.71. The fraction of sp³-hybridized carbons (Fsp3) is 0.267. The van der Waals surface area contributed by atoms with Crippen LogP contribution in [0.15, 0.2) is 41.1 Å². The van der Waals surface area contributed by atoms with Crippen molar-refractivity contribution in [2.75, 3.05) is 6.61 Å². The van der Waals surface area contributed by atoms with Gasteiger partial charge in [-0.3, -0.25) is 4.98 Å². The van der Waals surface area contributed by atoms with Crippen molar-refractivity contribution in [2.45, 2.75) is 19.4 Å². The van der Waals surface area contributed by atoms with E-state index in [-0.39, 0.29) is 0 Å². The highest BCUT2D eigenvalue weighted by Crippen LogP contribution is 2.30. The highest BCUT2D eigenvalue weighted by Gasteiger charge is 2.15. The molecule has 2 rings (SSSR count). The van der Waals surface area contributed by atoms with Gasteiger partial charge in [-0.15, -0.1) is 0 Å². The minimum atomic E-state index is -0.725. The van der Waals surface area contributed by atoms with Crippen molar-refractivity contribution in [1.82, 2.24) is 4.98 Å². The molecule has 20 heavy (non-hydrogen) atoms. The number of pyridine rings is 1. The molecule has 1 unspecified atom stereocenters. The minimum Gasteiger partial charge on any atom is -0.492 e. The average Bonchev–Trinajstić information content (AvgIpc) is 2.47. The summed E-state index contributed by atoms with van der Waals surface area (Å²) in [6.07, 6.45) is 3.54. The normalized spacial score (nSPS) is 12.2. The van der Waals surface area contributed by atoms with E-state index in [1.165, 1.54) is 0 Å². The van der Waals surface area contributed by atoms with Crippen molar-refractivity contribution in [3.8, 4) is 5.75 Å². The molecular weight excluding hydrogens is 433 g/mol. The molecule has 0 saturated heterocycles. The number of aliphatic hydroxyl groups is 1. The van der Waals surface area contributed by atoms with Gasteiger partial charge in [-0.05, 0) is 53.3 Å². The third kappa shape index (κ3) is 3.93. The standard InChI is InChI=1S/C15H15BrINO2/c1-2-5-20-12-6-10(8-18-9-12)15(19)13-7-11(17)3-4-14(13)16/h3-4,6-9,15,19H,2,5H2,1H3. The Kier molecular flexibility index (Phi) is 5.80. The molecule has 1 heterocycles. The molecule has 1 aromatic heterocycles. The number of ether oxygens (including phenoxy) is 1. The van der Waals surface area contributed by atoms with Crippen LogP contribution in [0.3, 0.4) is 0 Å². The Morgan fingerprint density at radius 3 is 2.90 bits per heavy atom.